The maximum Gasteiger partial charge on any atom is 0.191 e. The number of benzene rings is 1. The van der Waals surface area contributed by atoms with Gasteiger partial charge in [-0.3, -0.25) is 0 Å². The van der Waals surface area contributed by atoms with Gasteiger partial charge in [-0.15, -0.1) is 0 Å². The molecule has 15 heavy (non-hydrogen) atoms. The van der Waals surface area contributed by atoms with Gasteiger partial charge in [0.25, 0.3) is 0 Å². The molecule has 82 valence electrons. The van der Waals surface area contributed by atoms with Gasteiger partial charge >= 0.3 is 0 Å². The number of alkyl halides is 1. The van der Waals surface area contributed by atoms with E-state index in [0.717, 1.165) is 10.9 Å². The predicted molar refractivity (Wildman–Crippen MR) is 59.4 cm³/mol. The van der Waals surface area contributed by atoms with Gasteiger partial charge in [-0.25, -0.2) is 8.78 Å². The van der Waals surface area contributed by atoms with E-state index in [2.05, 4.69) is 15.9 Å². The molecule has 0 aromatic heterocycles. The molecule has 1 rings (SSSR count). The van der Waals surface area contributed by atoms with Crippen molar-refractivity contribution in [3.05, 3.63) is 41.5 Å². The molecule has 4 heteroatoms. The molecular weight excluding hydrogens is 266 g/mol. The van der Waals surface area contributed by atoms with Crippen molar-refractivity contribution < 1.29 is 13.5 Å². The normalized spacial score (nSPS) is 11.6. The number of hydrogen-bond donors (Lipinski definition) is 0. The summed E-state index contributed by atoms with van der Waals surface area (Å²) < 4.78 is 31.1. The Morgan fingerprint density at radius 2 is 2.00 bits per heavy atom. The highest BCUT2D eigenvalue weighted by atomic mass is 79.9. The Bertz CT molecular complexity index is 343. The smallest absolute Gasteiger partial charge is 0.191 e. The Labute approximate surface area is 95.9 Å². The van der Waals surface area contributed by atoms with Crippen molar-refractivity contribution in [1.29, 1.82) is 0 Å². The lowest BCUT2D eigenvalue weighted by Crippen LogP contribution is -1.99. The molecule has 0 spiro atoms. The van der Waals surface area contributed by atoms with Crippen LogP contribution in [0.15, 0.2) is 29.8 Å². The topological polar surface area (TPSA) is 9.23 Å². The lowest BCUT2D eigenvalue weighted by Gasteiger charge is -2.05. The van der Waals surface area contributed by atoms with Gasteiger partial charge in [0.05, 0.1) is 0 Å². The molecule has 0 amide bonds. The Balaban J connectivity index is 2.65. The molecule has 0 fully saturated rings. The van der Waals surface area contributed by atoms with Gasteiger partial charge in [-0.1, -0.05) is 27.6 Å². The first-order valence-electron chi connectivity index (χ1n) is 4.43. The summed E-state index contributed by atoms with van der Waals surface area (Å²) in [6.45, 7) is 2.06. The van der Waals surface area contributed by atoms with Crippen LogP contribution in [0.25, 0.3) is 0 Å². The van der Waals surface area contributed by atoms with Gasteiger partial charge in [0, 0.05) is 5.33 Å². The molecule has 0 aliphatic rings. The van der Waals surface area contributed by atoms with Gasteiger partial charge in [0.1, 0.15) is 6.61 Å². The van der Waals surface area contributed by atoms with E-state index in [4.69, 9.17) is 4.74 Å². The quantitative estimate of drug-likeness (QED) is 0.602. The standard InChI is InChI=1S/C11H11BrF2O/c1-8(7-12)5-6-15-11-9(13)3-2-4-10(11)14/h2-5H,6-7H2,1H3/b8-5+. The molecular formula is C11H11BrF2O. The van der Waals surface area contributed by atoms with Crippen molar-refractivity contribution in [2.75, 3.05) is 11.9 Å². The van der Waals surface area contributed by atoms with E-state index in [9.17, 15) is 8.78 Å². The third kappa shape index (κ3) is 3.63. The highest BCUT2D eigenvalue weighted by molar-refractivity contribution is 9.09. The van der Waals surface area contributed by atoms with E-state index >= 15 is 0 Å². The number of para-hydroxylation sites is 1. The molecule has 0 aliphatic carbocycles. The van der Waals surface area contributed by atoms with Gasteiger partial charge in [0.15, 0.2) is 17.4 Å². The van der Waals surface area contributed by atoms with Crippen molar-refractivity contribution in [2.45, 2.75) is 6.92 Å². The minimum Gasteiger partial charge on any atom is -0.483 e. The van der Waals surface area contributed by atoms with Crippen molar-refractivity contribution in [3.63, 3.8) is 0 Å². The first-order chi connectivity index (χ1) is 7.15. The average Bonchev–Trinajstić information content (AvgIpc) is 2.22. The second-order valence-electron chi connectivity index (χ2n) is 3.05. The van der Waals surface area contributed by atoms with Crippen LogP contribution in [0.1, 0.15) is 6.92 Å². The summed E-state index contributed by atoms with van der Waals surface area (Å²) in [5, 5.41) is 0.718. The van der Waals surface area contributed by atoms with Gasteiger partial charge < -0.3 is 4.74 Å². The summed E-state index contributed by atoms with van der Waals surface area (Å²) in [6.07, 6.45) is 1.76. The second kappa shape index (κ2) is 5.85. The zero-order chi connectivity index (χ0) is 11.3. The summed E-state index contributed by atoms with van der Waals surface area (Å²) >= 11 is 3.26. The Morgan fingerprint density at radius 3 is 2.53 bits per heavy atom. The second-order valence-corrected chi connectivity index (χ2v) is 3.61. The SMILES string of the molecule is C/C(=C\COc1c(F)cccc1F)CBr. The number of halogens is 3. The van der Waals surface area contributed by atoms with Crippen molar-refractivity contribution in [1.82, 2.24) is 0 Å². The first kappa shape index (κ1) is 12.2. The van der Waals surface area contributed by atoms with Gasteiger partial charge in [0.2, 0.25) is 0 Å². The minimum atomic E-state index is -0.681. The highest BCUT2D eigenvalue weighted by Crippen LogP contribution is 2.20. The predicted octanol–water partition coefficient (Wildman–Crippen LogP) is 3.68. The molecule has 0 bridgehead atoms. The van der Waals surface area contributed by atoms with E-state index in [1.165, 1.54) is 18.2 Å². The van der Waals surface area contributed by atoms with Crippen LogP contribution in [-0.2, 0) is 0 Å². The van der Waals surface area contributed by atoms with Crippen LogP contribution in [0, 0.1) is 11.6 Å². The van der Waals surface area contributed by atoms with Gasteiger partial charge in [-0.2, -0.15) is 0 Å². The monoisotopic (exact) mass is 276 g/mol. The Hall–Kier alpha value is -0.900. The number of allylic oxidation sites excluding steroid dienone is 1. The summed E-state index contributed by atoms with van der Waals surface area (Å²) in [6, 6.07) is 3.63. The third-order valence-corrected chi connectivity index (χ3v) is 2.67. The van der Waals surface area contributed by atoms with Crippen molar-refractivity contribution >= 4 is 15.9 Å². The van der Waals surface area contributed by atoms with E-state index in [1.54, 1.807) is 6.08 Å². The van der Waals surface area contributed by atoms with E-state index < -0.39 is 11.6 Å². The first-order valence-corrected chi connectivity index (χ1v) is 5.55. The summed E-state index contributed by atoms with van der Waals surface area (Å²) in [5.41, 5.74) is 1.05. The van der Waals surface area contributed by atoms with Crippen LogP contribution in [0.3, 0.4) is 0 Å². The Kier molecular flexibility index (Phi) is 4.75. The average molecular weight is 277 g/mol. The molecule has 0 atom stereocenters. The lowest BCUT2D eigenvalue weighted by atomic mass is 10.3. The van der Waals surface area contributed by atoms with E-state index in [0.29, 0.717) is 0 Å². The fourth-order valence-corrected chi connectivity index (χ4v) is 1.17. The van der Waals surface area contributed by atoms with Crippen LogP contribution >= 0.6 is 15.9 Å². The zero-order valence-corrected chi connectivity index (χ0v) is 9.85. The van der Waals surface area contributed by atoms with Crippen LogP contribution in [0.5, 0.6) is 5.75 Å². The van der Waals surface area contributed by atoms with Crippen LogP contribution < -0.4 is 4.74 Å². The van der Waals surface area contributed by atoms with Crippen molar-refractivity contribution in [3.8, 4) is 5.75 Å². The molecule has 0 saturated heterocycles. The largest absolute Gasteiger partial charge is 0.483 e. The number of ether oxygens (including phenoxy) is 1. The minimum absolute atomic E-state index is 0.162. The molecule has 0 unspecified atom stereocenters. The van der Waals surface area contributed by atoms with Crippen LogP contribution in [0.4, 0.5) is 8.78 Å². The molecule has 1 nitrogen and oxygen atoms in total. The highest BCUT2D eigenvalue weighted by Gasteiger charge is 2.08. The lowest BCUT2D eigenvalue weighted by molar-refractivity contribution is 0.320. The van der Waals surface area contributed by atoms with Crippen molar-refractivity contribution in [2.24, 2.45) is 0 Å². The Morgan fingerprint density at radius 1 is 1.40 bits per heavy atom. The summed E-state index contributed by atoms with van der Waals surface area (Å²) in [4.78, 5) is 0. The molecule has 0 aliphatic heterocycles. The van der Waals surface area contributed by atoms with E-state index in [1.807, 2.05) is 6.92 Å². The number of hydrogen-bond acceptors (Lipinski definition) is 1. The zero-order valence-electron chi connectivity index (χ0n) is 8.27. The molecule has 0 N–H and O–H groups in total. The third-order valence-electron chi connectivity index (χ3n) is 1.79. The summed E-state index contributed by atoms with van der Waals surface area (Å²) in [5.74, 6) is -1.68. The summed E-state index contributed by atoms with van der Waals surface area (Å²) in [7, 11) is 0. The van der Waals surface area contributed by atoms with Gasteiger partial charge in [-0.05, 0) is 25.1 Å². The fraction of sp³-hybridized carbons (Fsp3) is 0.273. The molecule has 1 aromatic carbocycles. The van der Waals surface area contributed by atoms with Crippen LogP contribution in [-0.4, -0.2) is 11.9 Å². The fourth-order valence-electron chi connectivity index (χ4n) is 0.942. The van der Waals surface area contributed by atoms with Crippen LogP contribution in [0.2, 0.25) is 0 Å². The molecule has 1 aromatic rings. The molecule has 0 radical (unpaired) electrons. The molecule has 0 saturated carbocycles. The number of rotatable bonds is 4. The maximum absolute atomic E-state index is 13.1. The van der Waals surface area contributed by atoms with E-state index in [-0.39, 0.29) is 12.4 Å². The molecule has 0 heterocycles. The maximum atomic E-state index is 13.1.